The molecule has 2 aromatic carbocycles. The van der Waals surface area contributed by atoms with Crippen LogP contribution in [-0.4, -0.2) is 19.5 Å². The van der Waals surface area contributed by atoms with Gasteiger partial charge in [0.2, 0.25) is 0 Å². The van der Waals surface area contributed by atoms with Crippen LogP contribution in [0.2, 0.25) is 0 Å². The van der Waals surface area contributed by atoms with E-state index in [-0.39, 0.29) is 11.8 Å². The summed E-state index contributed by atoms with van der Waals surface area (Å²) in [6, 6.07) is 13.4. The molecule has 1 heterocycles. The lowest BCUT2D eigenvalue weighted by atomic mass is 9.92. The maximum atomic E-state index is 12.3. The Morgan fingerprint density at radius 1 is 1.18 bits per heavy atom. The van der Waals surface area contributed by atoms with Crippen molar-refractivity contribution in [2.24, 2.45) is 0 Å². The predicted octanol–water partition coefficient (Wildman–Crippen LogP) is 3.83. The Balaban J connectivity index is 1.92. The monoisotopic (exact) mass is 297 g/mol. The van der Waals surface area contributed by atoms with Gasteiger partial charge in [0.05, 0.1) is 19.8 Å². The van der Waals surface area contributed by atoms with Crippen LogP contribution < -0.4 is 14.8 Å². The first-order valence-corrected chi connectivity index (χ1v) is 7.42. The van der Waals surface area contributed by atoms with Crippen molar-refractivity contribution in [2.75, 3.05) is 19.0 Å². The highest BCUT2D eigenvalue weighted by atomic mass is 16.5. The van der Waals surface area contributed by atoms with Gasteiger partial charge in [-0.3, -0.25) is 4.79 Å². The fraction of sp³-hybridized carbons (Fsp3) is 0.278. The summed E-state index contributed by atoms with van der Waals surface area (Å²) in [4.78, 5) is 12.3. The number of hydrogen-bond acceptors (Lipinski definition) is 4. The normalized spacial score (nSPS) is 16.6. The number of ketones is 1. The van der Waals surface area contributed by atoms with Crippen LogP contribution in [0.3, 0.4) is 0 Å². The zero-order chi connectivity index (χ0) is 15.5. The van der Waals surface area contributed by atoms with Gasteiger partial charge < -0.3 is 14.8 Å². The fourth-order valence-corrected chi connectivity index (χ4v) is 2.77. The van der Waals surface area contributed by atoms with Crippen LogP contribution in [0.5, 0.6) is 11.5 Å². The van der Waals surface area contributed by atoms with Gasteiger partial charge in [0.1, 0.15) is 0 Å². The number of Topliss-reactive ketones (excluding diaryl/α,β-unsaturated/α-hetero) is 1. The van der Waals surface area contributed by atoms with Crippen molar-refractivity contribution in [1.82, 2.24) is 0 Å². The Morgan fingerprint density at radius 2 is 2.00 bits per heavy atom. The van der Waals surface area contributed by atoms with Crippen molar-refractivity contribution in [3.63, 3.8) is 0 Å². The number of rotatable bonds is 4. The first-order chi connectivity index (χ1) is 10.7. The van der Waals surface area contributed by atoms with Crippen molar-refractivity contribution >= 4 is 11.5 Å². The van der Waals surface area contributed by atoms with Crippen molar-refractivity contribution in [2.45, 2.75) is 19.4 Å². The molecule has 4 heteroatoms. The van der Waals surface area contributed by atoms with Gasteiger partial charge in [-0.05, 0) is 36.8 Å². The highest BCUT2D eigenvalue weighted by Crippen LogP contribution is 2.36. The molecule has 0 saturated heterocycles. The number of carbonyl (C=O) groups excluding carboxylic acids is 1. The quantitative estimate of drug-likeness (QED) is 0.931. The smallest absolute Gasteiger partial charge is 0.167 e. The SMILES string of the molecule is CCOc1cc(C2CC(=O)c3ccccc3N2)ccc1OC. The largest absolute Gasteiger partial charge is 0.493 e. The average molecular weight is 297 g/mol. The van der Waals surface area contributed by atoms with E-state index in [0.717, 1.165) is 16.8 Å². The minimum Gasteiger partial charge on any atom is -0.493 e. The lowest BCUT2D eigenvalue weighted by Gasteiger charge is -2.27. The molecule has 1 atom stereocenters. The second kappa shape index (κ2) is 6.10. The van der Waals surface area contributed by atoms with Crippen molar-refractivity contribution in [3.8, 4) is 11.5 Å². The Labute approximate surface area is 130 Å². The summed E-state index contributed by atoms with van der Waals surface area (Å²) in [5.74, 6) is 1.57. The number of anilines is 1. The van der Waals surface area contributed by atoms with Gasteiger partial charge in [0, 0.05) is 17.7 Å². The standard InChI is InChI=1S/C18H19NO3/c1-3-22-18-10-12(8-9-17(18)21-2)15-11-16(20)13-6-4-5-7-14(13)19-15/h4-10,15,19H,3,11H2,1-2H3. The van der Waals surface area contributed by atoms with Gasteiger partial charge in [-0.2, -0.15) is 0 Å². The fourth-order valence-electron chi connectivity index (χ4n) is 2.77. The number of hydrogen-bond donors (Lipinski definition) is 1. The van der Waals surface area contributed by atoms with Crippen molar-refractivity contribution in [1.29, 1.82) is 0 Å². The van der Waals surface area contributed by atoms with E-state index in [1.54, 1.807) is 7.11 Å². The summed E-state index contributed by atoms with van der Waals surface area (Å²) in [6.45, 7) is 2.50. The Kier molecular flexibility index (Phi) is 4.00. The summed E-state index contributed by atoms with van der Waals surface area (Å²) < 4.78 is 10.9. The van der Waals surface area contributed by atoms with Crippen LogP contribution in [0.4, 0.5) is 5.69 Å². The second-order valence-electron chi connectivity index (χ2n) is 5.21. The molecule has 1 unspecified atom stereocenters. The second-order valence-corrected chi connectivity index (χ2v) is 5.21. The molecule has 4 nitrogen and oxygen atoms in total. The molecular weight excluding hydrogens is 278 g/mol. The number of benzene rings is 2. The third-order valence-corrected chi connectivity index (χ3v) is 3.84. The number of para-hydroxylation sites is 1. The minimum absolute atomic E-state index is 0.0486. The molecule has 0 radical (unpaired) electrons. The number of nitrogens with one attached hydrogen (secondary N) is 1. The summed E-state index contributed by atoms with van der Waals surface area (Å²) in [5.41, 5.74) is 2.67. The van der Waals surface area contributed by atoms with Crippen molar-refractivity contribution < 1.29 is 14.3 Å². The first kappa shape index (κ1) is 14.4. The molecule has 1 aliphatic rings. The molecule has 0 amide bonds. The molecule has 0 fully saturated rings. The molecule has 0 aromatic heterocycles. The molecule has 0 spiro atoms. The van der Waals surface area contributed by atoms with E-state index in [9.17, 15) is 4.79 Å². The van der Waals surface area contributed by atoms with E-state index in [1.165, 1.54) is 0 Å². The maximum absolute atomic E-state index is 12.3. The van der Waals surface area contributed by atoms with Gasteiger partial charge in [0.15, 0.2) is 17.3 Å². The molecule has 3 rings (SSSR count). The molecule has 1 aliphatic heterocycles. The average Bonchev–Trinajstić information content (AvgIpc) is 2.55. The van der Waals surface area contributed by atoms with Gasteiger partial charge in [-0.15, -0.1) is 0 Å². The van der Waals surface area contributed by atoms with E-state index in [0.29, 0.717) is 24.5 Å². The zero-order valence-corrected chi connectivity index (χ0v) is 12.8. The van der Waals surface area contributed by atoms with E-state index in [1.807, 2.05) is 49.4 Å². The number of carbonyl (C=O) groups is 1. The van der Waals surface area contributed by atoms with Crippen LogP contribution >= 0.6 is 0 Å². The Bertz CT molecular complexity index is 696. The van der Waals surface area contributed by atoms with E-state index < -0.39 is 0 Å². The van der Waals surface area contributed by atoms with Gasteiger partial charge in [0.25, 0.3) is 0 Å². The van der Waals surface area contributed by atoms with Gasteiger partial charge in [-0.1, -0.05) is 18.2 Å². The third kappa shape index (κ3) is 2.64. The van der Waals surface area contributed by atoms with E-state index >= 15 is 0 Å². The number of fused-ring (bicyclic) bond motifs is 1. The lowest BCUT2D eigenvalue weighted by molar-refractivity contribution is 0.0972. The molecule has 1 N–H and O–H groups in total. The van der Waals surface area contributed by atoms with Crippen LogP contribution in [-0.2, 0) is 0 Å². The number of ether oxygens (including phenoxy) is 2. The van der Waals surface area contributed by atoms with Crippen LogP contribution in [0.1, 0.15) is 35.3 Å². The first-order valence-electron chi connectivity index (χ1n) is 7.42. The van der Waals surface area contributed by atoms with Gasteiger partial charge >= 0.3 is 0 Å². The topological polar surface area (TPSA) is 47.6 Å². The Hall–Kier alpha value is -2.49. The summed E-state index contributed by atoms with van der Waals surface area (Å²) >= 11 is 0. The third-order valence-electron chi connectivity index (χ3n) is 3.84. The lowest BCUT2D eigenvalue weighted by Crippen LogP contribution is -2.22. The summed E-state index contributed by atoms with van der Waals surface area (Å²) in [7, 11) is 1.62. The number of methoxy groups -OCH3 is 1. The van der Waals surface area contributed by atoms with E-state index in [2.05, 4.69) is 5.32 Å². The van der Waals surface area contributed by atoms with Crippen molar-refractivity contribution in [3.05, 3.63) is 53.6 Å². The molecule has 0 aliphatic carbocycles. The van der Waals surface area contributed by atoms with Crippen LogP contribution in [0.15, 0.2) is 42.5 Å². The molecular formula is C18H19NO3. The van der Waals surface area contributed by atoms with E-state index in [4.69, 9.17) is 9.47 Å². The molecule has 22 heavy (non-hydrogen) atoms. The predicted molar refractivity (Wildman–Crippen MR) is 85.9 cm³/mol. The summed E-state index contributed by atoms with van der Waals surface area (Å²) in [5, 5.41) is 3.43. The summed E-state index contributed by atoms with van der Waals surface area (Å²) in [6.07, 6.45) is 0.439. The molecule has 114 valence electrons. The Morgan fingerprint density at radius 3 is 2.77 bits per heavy atom. The molecule has 0 bridgehead atoms. The van der Waals surface area contributed by atoms with Gasteiger partial charge in [-0.25, -0.2) is 0 Å². The maximum Gasteiger partial charge on any atom is 0.167 e. The van der Waals surface area contributed by atoms with Crippen LogP contribution in [0.25, 0.3) is 0 Å². The minimum atomic E-state index is -0.0486. The molecule has 2 aromatic rings. The highest BCUT2D eigenvalue weighted by Gasteiger charge is 2.25. The molecule has 0 saturated carbocycles. The zero-order valence-electron chi connectivity index (χ0n) is 12.8. The highest BCUT2D eigenvalue weighted by molar-refractivity contribution is 6.03. The van der Waals surface area contributed by atoms with Crippen LogP contribution in [0, 0.1) is 0 Å².